The molecule has 1 N–H and O–H groups in total. The van der Waals surface area contributed by atoms with Crippen LogP contribution in [0.1, 0.15) is 16.8 Å². The minimum atomic E-state index is -0.00707. The van der Waals surface area contributed by atoms with Crippen LogP contribution in [0.3, 0.4) is 0 Å². The van der Waals surface area contributed by atoms with E-state index in [4.69, 9.17) is 9.84 Å². The summed E-state index contributed by atoms with van der Waals surface area (Å²) in [6, 6.07) is 27.9. The van der Waals surface area contributed by atoms with Gasteiger partial charge in [-0.2, -0.15) is 5.10 Å². The molecule has 1 atom stereocenters. The van der Waals surface area contributed by atoms with Gasteiger partial charge in [-0.25, -0.2) is 4.68 Å². The van der Waals surface area contributed by atoms with Gasteiger partial charge in [0.05, 0.1) is 18.4 Å². The van der Waals surface area contributed by atoms with Gasteiger partial charge in [-0.3, -0.25) is 4.79 Å². The highest BCUT2D eigenvalue weighted by Crippen LogP contribution is 2.29. The highest BCUT2D eigenvalue weighted by atomic mass is 16.5. The molecule has 5 rings (SSSR count). The molecule has 1 unspecified atom stereocenters. The van der Waals surface area contributed by atoms with Crippen LogP contribution in [0.25, 0.3) is 16.9 Å². The monoisotopic (exact) mass is 438 g/mol. The number of rotatable bonds is 6. The number of carbonyl (C=O) groups is 1. The minimum Gasteiger partial charge on any atom is -0.497 e. The lowest BCUT2D eigenvalue weighted by molar-refractivity contribution is 0.0792. The van der Waals surface area contributed by atoms with Gasteiger partial charge in [-0.05, 0) is 42.8 Å². The van der Waals surface area contributed by atoms with E-state index in [0.717, 1.165) is 29.1 Å². The van der Waals surface area contributed by atoms with Gasteiger partial charge in [0.2, 0.25) is 0 Å². The zero-order valence-electron chi connectivity index (χ0n) is 18.5. The van der Waals surface area contributed by atoms with Crippen LogP contribution < -0.4 is 10.1 Å². The molecule has 6 nitrogen and oxygen atoms in total. The van der Waals surface area contributed by atoms with Gasteiger partial charge in [0.1, 0.15) is 11.4 Å². The fourth-order valence-corrected chi connectivity index (χ4v) is 4.23. The number of benzene rings is 3. The maximum atomic E-state index is 13.7. The number of methoxy groups -OCH3 is 1. The van der Waals surface area contributed by atoms with Crippen molar-refractivity contribution in [3.63, 3.8) is 0 Å². The average Bonchev–Trinajstić information content (AvgIpc) is 3.53. The van der Waals surface area contributed by atoms with Crippen molar-refractivity contribution in [1.29, 1.82) is 0 Å². The second-order valence-electron chi connectivity index (χ2n) is 8.15. The Balaban J connectivity index is 1.45. The third kappa shape index (κ3) is 4.46. The van der Waals surface area contributed by atoms with Crippen molar-refractivity contribution in [2.45, 2.75) is 12.5 Å². The molecule has 1 aliphatic heterocycles. The number of carbonyl (C=O) groups excluding carboxylic acids is 1. The number of hydrogen-bond acceptors (Lipinski definition) is 4. The molecule has 166 valence electrons. The van der Waals surface area contributed by atoms with Crippen molar-refractivity contribution < 1.29 is 9.53 Å². The van der Waals surface area contributed by atoms with Gasteiger partial charge in [-0.15, -0.1) is 0 Å². The molecule has 4 aromatic rings. The fraction of sp³-hybridized carbons (Fsp3) is 0.185. The Morgan fingerprint density at radius 3 is 2.52 bits per heavy atom. The molecule has 1 fully saturated rings. The summed E-state index contributed by atoms with van der Waals surface area (Å²) in [4.78, 5) is 15.6. The zero-order chi connectivity index (χ0) is 22.6. The SMILES string of the molecule is COc1cccc(-c2nn(-c3ccccc3)cc2C(=O)N2CCC(Nc3ccccc3)C2)c1. The molecular formula is C27H26N4O2. The van der Waals surface area contributed by atoms with Crippen molar-refractivity contribution in [3.05, 3.63) is 96.7 Å². The topological polar surface area (TPSA) is 59.4 Å². The highest BCUT2D eigenvalue weighted by Gasteiger charge is 2.30. The molecule has 33 heavy (non-hydrogen) atoms. The molecule has 1 saturated heterocycles. The Kier molecular flexibility index (Phi) is 5.81. The Labute approximate surface area is 193 Å². The summed E-state index contributed by atoms with van der Waals surface area (Å²) in [5.74, 6) is 0.723. The number of aromatic nitrogens is 2. The second kappa shape index (κ2) is 9.20. The maximum absolute atomic E-state index is 13.7. The van der Waals surface area contributed by atoms with Crippen molar-refractivity contribution in [1.82, 2.24) is 14.7 Å². The normalized spacial score (nSPS) is 15.4. The van der Waals surface area contributed by atoms with Crippen LogP contribution in [-0.2, 0) is 0 Å². The van der Waals surface area contributed by atoms with Crippen LogP contribution in [0.15, 0.2) is 91.1 Å². The van der Waals surface area contributed by atoms with E-state index < -0.39 is 0 Å². The van der Waals surface area contributed by atoms with E-state index in [1.807, 2.05) is 83.9 Å². The van der Waals surface area contributed by atoms with Crippen molar-refractivity contribution >= 4 is 11.6 Å². The van der Waals surface area contributed by atoms with E-state index in [0.29, 0.717) is 24.3 Å². The molecule has 2 heterocycles. The Morgan fingerprint density at radius 1 is 1.00 bits per heavy atom. The smallest absolute Gasteiger partial charge is 0.257 e. The minimum absolute atomic E-state index is 0.00707. The quantitative estimate of drug-likeness (QED) is 0.466. The average molecular weight is 439 g/mol. The summed E-state index contributed by atoms with van der Waals surface area (Å²) < 4.78 is 7.18. The largest absolute Gasteiger partial charge is 0.497 e. The summed E-state index contributed by atoms with van der Waals surface area (Å²) in [6.45, 7) is 1.36. The van der Waals surface area contributed by atoms with Gasteiger partial charge in [0.15, 0.2) is 0 Å². The number of para-hydroxylation sites is 2. The molecule has 0 aliphatic carbocycles. The number of anilines is 1. The third-order valence-corrected chi connectivity index (χ3v) is 5.93. The van der Waals surface area contributed by atoms with Crippen LogP contribution in [0.4, 0.5) is 5.69 Å². The van der Waals surface area contributed by atoms with E-state index in [9.17, 15) is 4.79 Å². The summed E-state index contributed by atoms with van der Waals surface area (Å²) in [6.07, 6.45) is 2.74. The summed E-state index contributed by atoms with van der Waals surface area (Å²) >= 11 is 0. The lowest BCUT2D eigenvalue weighted by Crippen LogP contribution is -2.31. The van der Waals surface area contributed by atoms with Crippen LogP contribution in [0.5, 0.6) is 5.75 Å². The third-order valence-electron chi connectivity index (χ3n) is 5.93. The number of nitrogens with zero attached hydrogens (tertiary/aromatic N) is 3. The van der Waals surface area contributed by atoms with Gasteiger partial charge in [0, 0.05) is 36.6 Å². The first-order valence-electron chi connectivity index (χ1n) is 11.1. The molecular weight excluding hydrogens is 412 g/mol. The van der Waals surface area contributed by atoms with Gasteiger partial charge >= 0.3 is 0 Å². The van der Waals surface area contributed by atoms with Crippen LogP contribution in [0.2, 0.25) is 0 Å². The zero-order valence-corrected chi connectivity index (χ0v) is 18.5. The first-order valence-corrected chi connectivity index (χ1v) is 11.1. The van der Waals surface area contributed by atoms with Crippen molar-refractivity contribution in [2.24, 2.45) is 0 Å². The van der Waals surface area contributed by atoms with E-state index >= 15 is 0 Å². The summed E-state index contributed by atoms with van der Waals surface area (Å²) in [5, 5.41) is 8.34. The Morgan fingerprint density at radius 2 is 1.76 bits per heavy atom. The second-order valence-corrected chi connectivity index (χ2v) is 8.15. The predicted molar refractivity (Wildman–Crippen MR) is 130 cm³/mol. The van der Waals surface area contributed by atoms with Gasteiger partial charge in [-0.1, -0.05) is 48.5 Å². The molecule has 1 aliphatic rings. The van der Waals surface area contributed by atoms with E-state index in [2.05, 4.69) is 17.4 Å². The van der Waals surface area contributed by atoms with Crippen molar-refractivity contribution in [2.75, 3.05) is 25.5 Å². The summed E-state index contributed by atoms with van der Waals surface area (Å²) in [5.41, 5.74) is 4.08. The molecule has 1 amide bonds. The molecule has 0 saturated carbocycles. The maximum Gasteiger partial charge on any atom is 0.257 e. The molecule has 0 bridgehead atoms. The fourth-order valence-electron chi connectivity index (χ4n) is 4.23. The lowest BCUT2D eigenvalue weighted by Gasteiger charge is -2.18. The van der Waals surface area contributed by atoms with E-state index in [1.54, 1.807) is 11.8 Å². The molecule has 0 radical (unpaired) electrons. The lowest BCUT2D eigenvalue weighted by atomic mass is 10.1. The molecule has 6 heteroatoms. The van der Waals surface area contributed by atoms with E-state index in [-0.39, 0.29) is 11.9 Å². The molecule has 1 aromatic heterocycles. The molecule has 3 aromatic carbocycles. The first kappa shape index (κ1) is 20.8. The van der Waals surface area contributed by atoms with Gasteiger partial charge in [0.25, 0.3) is 5.91 Å². The number of nitrogens with one attached hydrogen (secondary N) is 1. The van der Waals surface area contributed by atoms with Crippen LogP contribution >= 0.6 is 0 Å². The van der Waals surface area contributed by atoms with Crippen LogP contribution in [-0.4, -0.2) is 46.8 Å². The standard InChI is InChI=1S/C27H26N4O2/c1-33-24-14-8-9-20(17-24)26-25(19-31(29-26)23-12-6-3-7-13-23)27(32)30-16-15-22(18-30)28-21-10-4-2-5-11-21/h2-14,17,19,22,28H,15-16,18H2,1H3. The van der Waals surface area contributed by atoms with Crippen molar-refractivity contribution in [3.8, 4) is 22.7 Å². The predicted octanol–water partition coefficient (Wildman–Crippen LogP) is 4.87. The number of likely N-dealkylation sites (tertiary alicyclic amines) is 1. The number of hydrogen-bond donors (Lipinski definition) is 1. The number of amides is 1. The highest BCUT2D eigenvalue weighted by molar-refractivity contribution is 6.00. The Bertz CT molecular complexity index is 1240. The number of ether oxygens (including phenoxy) is 1. The first-order chi connectivity index (χ1) is 16.2. The molecule has 0 spiro atoms. The van der Waals surface area contributed by atoms with Crippen LogP contribution in [0, 0.1) is 0 Å². The van der Waals surface area contributed by atoms with Gasteiger partial charge < -0.3 is 15.0 Å². The summed E-state index contributed by atoms with van der Waals surface area (Å²) in [7, 11) is 1.64. The van der Waals surface area contributed by atoms with E-state index in [1.165, 1.54) is 0 Å². The Hall–Kier alpha value is -4.06.